The van der Waals surface area contributed by atoms with Crippen molar-refractivity contribution < 1.29 is 8.42 Å². The predicted octanol–water partition coefficient (Wildman–Crippen LogP) is 1.21. The summed E-state index contributed by atoms with van der Waals surface area (Å²) in [5.74, 6) is 0. The Bertz CT molecular complexity index is 332. The number of rotatable bonds is 7. The number of hydrogen-bond acceptors (Lipinski definition) is 3. The molecular formula is C12H27N3O2S. The summed E-state index contributed by atoms with van der Waals surface area (Å²) in [5.41, 5.74) is 5.64. The molecule has 0 amide bonds. The number of nitrogens with two attached hydrogens (primary N) is 1. The molecule has 1 fully saturated rings. The van der Waals surface area contributed by atoms with Crippen LogP contribution in [-0.4, -0.2) is 37.9 Å². The Morgan fingerprint density at radius 2 is 2.17 bits per heavy atom. The minimum atomic E-state index is -3.37. The van der Waals surface area contributed by atoms with Crippen molar-refractivity contribution in [2.45, 2.75) is 64.5 Å². The van der Waals surface area contributed by atoms with E-state index in [1.807, 2.05) is 6.92 Å². The molecule has 0 radical (unpaired) electrons. The SMILES string of the molecule is CCCCC(CN)NS(=O)(=O)N1CCCCC1C. The van der Waals surface area contributed by atoms with Crippen LogP contribution < -0.4 is 10.5 Å². The van der Waals surface area contributed by atoms with Crippen LogP contribution >= 0.6 is 0 Å². The highest BCUT2D eigenvalue weighted by Crippen LogP contribution is 2.19. The molecule has 6 heteroatoms. The van der Waals surface area contributed by atoms with E-state index in [-0.39, 0.29) is 12.1 Å². The lowest BCUT2D eigenvalue weighted by atomic mass is 10.1. The first-order valence-electron chi connectivity index (χ1n) is 7.00. The van der Waals surface area contributed by atoms with Crippen LogP contribution in [0.1, 0.15) is 52.4 Å². The smallest absolute Gasteiger partial charge is 0.279 e. The van der Waals surface area contributed by atoms with Gasteiger partial charge in [-0.3, -0.25) is 0 Å². The van der Waals surface area contributed by atoms with Crippen LogP contribution in [0.4, 0.5) is 0 Å². The van der Waals surface area contributed by atoms with Crippen molar-refractivity contribution in [3.8, 4) is 0 Å². The molecule has 5 nitrogen and oxygen atoms in total. The van der Waals surface area contributed by atoms with Gasteiger partial charge in [0.1, 0.15) is 0 Å². The molecule has 108 valence electrons. The molecule has 1 rings (SSSR count). The summed E-state index contributed by atoms with van der Waals surface area (Å²) in [6, 6.07) is -0.0371. The maximum atomic E-state index is 12.3. The largest absolute Gasteiger partial charge is 0.329 e. The quantitative estimate of drug-likeness (QED) is 0.734. The summed E-state index contributed by atoms with van der Waals surface area (Å²) < 4.78 is 28.9. The zero-order chi connectivity index (χ0) is 13.6. The van der Waals surface area contributed by atoms with E-state index in [0.717, 1.165) is 38.5 Å². The second kappa shape index (κ2) is 7.43. The highest BCUT2D eigenvalue weighted by Gasteiger charge is 2.30. The zero-order valence-corrected chi connectivity index (χ0v) is 12.4. The van der Waals surface area contributed by atoms with Gasteiger partial charge in [-0.25, -0.2) is 0 Å². The Hall–Kier alpha value is -0.170. The van der Waals surface area contributed by atoms with Gasteiger partial charge in [-0.05, 0) is 26.2 Å². The van der Waals surface area contributed by atoms with Gasteiger partial charge >= 0.3 is 0 Å². The molecule has 0 spiro atoms. The van der Waals surface area contributed by atoms with Crippen molar-refractivity contribution in [2.75, 3.05) is 13.1 Å². The molecule has 3 N–H and O–H groups in total. The number of hydrogen-bond donors (Lipinski definition) is 2. The summed E-state index contributed by atoms with van der Waals surface area (Å²) in [5, 5.41) is 0. The van der Waals surface area contributed by atoms with Gasteiger partial charge in [-0.2, -0.15) is 17.4 Å². The molecule has 0 aromatic rings. The average Bonchev–Trinajstić information content (AvgIpc) is 2.34. The van der Waals surface area contributed by atoms with Gasteiger partial charge in [0.25, 0.3) is 10.2 Å². The first-order valence-corrected chi connectivity index (χ1v) is 8.44. The van der Waals surface area contributed by atoms with E-state index in [2.05, 4.69) is 11.6 Å². The maximum Gasteiger partial charge on any atom is 0.279 e. The van der Waals surface area contributed by atoms with E-state index in [9.17, 15) is 8.42 Å². The van der Waals surface area contributed by atoms with Crippen LogP contribution in [0.15, 0.2) is 0 Å². The molecule has 1 heterocycles. The lowest BCUT2D eigenvalue weighted by Crippen LogP contribution is -2.52. The molecule has 0 saturated carbocycles. The second-order valence-corrected chi connectivity index (χ2v) is 6.81. The molecule has 1 saturated heterocycles. The molecule has 2 atom stereocenters. The summed E-state index contributed by atoms with van der Waals surface area (Å²) in [4.78, 5) is 0. The van der Waals surface area contributed by atoms with Crippen LogP contribution in [0, 0.1) is 0 Å². The lowest BCUT2D eigenvalue weighted by molar-refractivity contribution is 0.263. The van der Waals surface area contributed by atoms with Crippen molar-refractivity contribution in [1.29, 1.82) is 0 Å². The van der Waals surface area contributed by atoms with Gasteiger partial charge in [0.2, 0.25) is 0 Å². The Balaban J connectivity index is 2.61. The number of nitrogens with one attached hydrogen (secondary N) is 1. The van der Waals surface area contributed by atoms with Crippen LogP contribution in [0.2, 0.25) is 0 Å². The second-order valence-electron chi connectivity index (χ2n) is 5.15. The first-order chi connectivity index (χ1) is 8.51. The predicted molar refractivity (Wildman–Crippen MR) is 74.4 cm³/mol. The number of unbranched alkanes of at least 4 members (excludes halogenated alkanes) is 1. The van der Waals surface area contributed by atoms with E-state index in [1.54, 1.807) is 4.31 Å². The van der Waals surface area contributed by atoms with E-state index in [0.29, 0.717) is 13.1 Å². The van der Waals surface area contributed by atoms with Crippen molar-refractivity contribution >= 4 is 10.2 Å². The fourth-order valence-corrected chi connectivity index (χ4v) is 4.10. The van der Waals surface area contributed by atoms with Crippen molar-refractivity contribution in [3.63, 3.8) is 0 Å². The van der Waals surface area contributed by atoms with E-state index < -0.39 is 10.2 Å². The van der Waals surface area contributed by atoms with E-state index in [1.165, 1.54) is 0 Å². The summed E-state index contributed by atoms with van der Waals surface area (Å²) >= 11 is 0. The normalized spacial score (nSPS) is 24.1. The third-order valence-electron chi connectivity index (χ3n) is 3.56. The topological polar surface area (TPSA) is 75.4 Å². The summed E-state index contributed by atoms with van der Waals surface area (Å²) in [6.45, 7) is 5.06. The van der Waals surface area contributed by atoms with Gasteiger partial charge in [-0.1, -0.05) is 26.2 Å². The third-order valence-corrected chi connectivity index (χ3v) is 5.35. The highest BCUT2D eigenvalue weighted by molar-refractivity contribution is 7.87. The molecular weight excluding hydrogens is 250 g/mol. The minimum Gasteiger partial charge on any atom is -0.329 e. The van der Waals surface area contributed by atoms with Gasteiger partial charge in [0.15, 0.2) is 0 Å². The standard InChI is InChI=1S/C12H27N3O2S/c1-3-4-8-12(10-13)14-18(16,17)15-9-6-5-7-11(15)2/h11-12,14H,3-10,13H2,1-2H3. The Morgan fingerprint density at radius 1 is 1.44 bits per heavy atom. The Labute approximate surface area is 111 Å². The molecule has 2 unspecified atom stereocenters. The Morgan fingerprint density at radius 3 is 2.72 bits per heavy atom. The zero-order valence-electron chi connectivity index (χ0n) is 11.6. The fourth-order valence-electron chi connectivity index (χ4n) is 2.38. The first kappa shape index (κ1) is 15.9. The average molecular weight is 277 g/mol. The van der Waals surface area contributed by atoms with Gasteiger partial charge in [0, 0.05) is 25.2 Å². The maximum absolute atomic E-state index is 12.3. The van der Waals surface area contributed by atoms with Crippen molar-refractivity contribution in [2.24, 2.45) is 5.73 Å². The Kier molecular flexibility index (Phi) is 6.55. The third kappa shape index (κ3) is 4.50. The van der Waals surface area contributed by atoms with Crippen LogP contribution in [0.5, 0.6) is 0 Å². The fraction of sp³-hybridized carbons (Fsp3) is 1.00. The van der Waals surface area contributed by atoms with Crippen molar-refractivity contribution in [1.82, 2.24) is 9.03 Å². The summed E-state index contributed by atoms with van der Waals surface area (Å²) in [6.07, 6.45) is 5.88. The van der Waals surface area contributed by atoms with Crippen LogP contribution in [0.3, 0.4) is 0 Å². The molecule has 18 heavy (non-hydrogen) atoms. The molecule has 0 bridgehead atoms. The molecule has 0 aromatic heterocycles. The summed E-state index contributed by atoms with van der Waals surface area (Å²) in [7, 11) is -3.37. The van der Waals surface area contributed by atoms with Gasteiger partial charge in [0.05, 0.1) is 0 Å². The van der Waals surface area contributed by atoms with Crippen LogP contribution in [-0.2, 0) is 10.2 Å². The molecule has 0 aliphatic carbocycles. The highest BCUT2D eigenvalue weighted by atomic mass is 32.2. The monoisotopic (exact) mass is 277 g/mol. The van der Waals surface area contributed by atoms with Crippen molar-refractivity contribution in [3.05, 3.63) is 0 Å². The number of nitrogens with zero attached hydrogens (tertiary/aromatic N) is 1. The van der Waals surface area contributed by atoms with Crippen LogP contribution in [0.25, 0.3) is 0 Å². The van der Waals surface area contributed by atoms with Gasteiger partial charge in [-0.15, -0.1) is 0 Å². The number of piperidine rings is 1. The molecule has 1 aliphatic heterocycles. The molecule has 0 aromatic carbocycles. The van der Waals surface area contributed by atoms with E-state index in [4.69, 9.17) is 5.73 Å². The van der Waals surface area contributed by atoms with E-state index >= 15 is 0 Å². The van der Waals surface area contributed by atoms with Gasteiger partial charge < -0.3 is 5.73 Å². The lowest BCUT2D eigenvalue weighted by Gasteiger charge is -2.33. The minimum absolute atomic E-state index is 0.0980. The molecule has 1 aliphatic rings.